The van der Waals surface area contributed by atoms with Crippen molar-refractivity contribution >= 4 is 46.8 Å². The molecule has 0 saturated carbocycles. The van der Waals surface area contributed by atoms with Crippen molar-refractivity contribution in [2.24, 2.45) is 17.6 Å². The van der Waals surface area contributed by atoms with Gasteiger partial charge in [-0.05, 0) is 26.0 Å². The van der Waals surface area contributed by atoms with Crippen LogP contribution >= 0.6 is 24.0 Å². The van der Waals surface area contributed by atoms with E-state index in [4.69, 9.17) is 27.4 Å². The minimum absolute atomic E-state index is 0.123. The molecule has 3 aliphatic rings. The smallest absolute Gasteiger partial charge is 0.361 e. The van der Waals surface area contributed by atoms with Gasteiger partial charge in [-0.15, -0.1) is 11.8 Å². The maximum atomic E-state index is 13.3. The van der Waals surface area contributed by atoms with Gasteiger partial charge in [0.25, 0.3) is 0 Å². The number of hydrogen-bond donors (Lipinski definition) is 2. The summed E-state index contributed by atoms with van der Waals surface area (Å²) in [5.41, 5.74) is 5.88. The van der Waals surface area contributed by atoms with Crippen LogP contribution in [0.3, 0.4) is 0 Å². The van der Waals surface area contributed by atoms with Crippen molar-refractivity contribution < 1.29 is 23.9 Å². The van der Waals surface area contributed by atoms with Gasteiger partial charge in [0, 0.05) is 29.0 Å². The number of β-lactam (4-membered cyclic amide) rings is 1. The number of carbonyl (C=O) groups excluding carboxylic acids is 3. The molecule has 1 amide bonds. The standard InChI is InChI=1S/C23H27N3O5S2/c1-11-18-17(13(3)30-22(28)12(2)24)21(27)26(18)19(20(11)33-15-9-16(32)25-10-15)23(29)31-14-7-5-4-6-8-14/h4-8,11-13,15,17-18H,9-10,24H2,1-3H3,(H,25,32)/t11-,12+,13-,15-,17-,18-/m1/s1. The van der Waals surface area contributed by atoms with E-state index in [0.717, 1.165) is 9.89 Å². The lowest BCUT2D eigenvalue weighted by molar-refractivity contribution is -0.172. The van der Waals surface area contributed by atoms with Crippen LogP contribution in [0.15, 0.2) is 40.9 Å². The summed E-state index contributed by atoms with van der Waals surface area (Å²) in [6.07, 6.45) is 0.0537. The fraction of sp³-hybridized carbons (Fsp3) is 0.478. The van der Waals surface area contributed by atoms with E-state index in [-0.39, 0.29) is 28.8 Å². The number of esters is 2. The Morgan fingerprint density at radius 1 is 1.27 bits per heavy atom. The number of amides is 1. The Kier molecular flexibility index (Phi) is 6.78. The molecule has 0 spiro atoms. The summed E-state index contributed by atoms with van der Waals surface area (Å²) in [7, 11) is 0. The van der Waals surface area contributed by atoms with E-state index in [1.165, 1.54) is 11.8 Å². The average Bonchev–Trinajstić information content (AvgIpc) is 3.28. The molecule has 2 fully saturated rings. The number of para-hydroxylation sites is 1. The van der Waals surface area contributed by atoms with Gasteiger partial charge >= 0.3 is 11.9 Å². The normalized spacial score (nSPS) is 28.1. The van der Waals surface area contributed by atoms with E-state index in [2.05, 4.69) is 5.32 Å². The van der Waals surface area contributed by atoms with E-state index in [9.17, 15) is 14.4 Å². The van der Waals surface area contributed by atoms with Crippen LogP contribution in [0.1, 0.15) is 27.2 Å². The molecule has 4 rings (SSSR count). The zero-order valence-corrected chi connectivity index (χ0v) is 20.3. The number of thiocarbonyl (C=S) groups is 1. The van der Waals surface area contributed by atoms with Crippen LogP contribution in [0, 0.1) is 11.8 Å². The molecule has 0 aliphatic carbocycles. The maximum absolute atomic E-state index is 13.3. The number of carbonyl (C=O) groups is 3. The van der Waals surface area contributed by atoms with Crippen molar-refractivity contribution in [1.29, 1.82) is 0 Å². The Morgan fingerprint density at radius 2 is 1.97 bits per heavy atom. The van der Waals surface area contributed by atoms with Gasteiger partial charge in [-0.25, -0.2) is 4.79 Å². The SMILES string of the molecule is C[C@H](N)C(=O)O[C@H](C)[C@H]1C(=O)N2C(C(=O)Oc3ccccc3)=C(S[C@H]3CNC(=S)C3)[C@H](C)[C@H]12. The molecule has 3 N–H and O–H groups in total. The molecule has 0 aromatic heterocycles. The lowest BCUT2D eigenvalue weighted by Gasteiger charge is -2.47. The van der Waals surface area contributed by atoms with Crippen molar-refractivity contribution in [1.82, 2.24) is 10.2 Å². The average molecular weight is 490 g/mol. The number of thioether (sulfide) groups is 1. The van der Waals surface area contributed by atoms with Crippen LogP contribution in [0.25, 0.3) is 0 Å². The number of rotatable bonds is 7. The predicted molar refractivity (Wildman–Crippen MR) is 128 cm³/mol. The molecule has 3 aliphatic heterocycles. The Balaban J connectivity index is 1.60. The fourth-order valence-electron chi connectivity index (χ4n) is 4.51. The van der Waals surface area contributed by atoms with Crippen molar-refractivity contribution in [3.63, 3.8) is 0 Å². The summed E-state index contributed by atoms with van der Waals surface area (Å²) in [6, 6.07) is 7.69. The van der Waals surface area contributed by atoms with Crippen LogP contribution in [0.2, 0.25) is 0 Å². The predicted octanol–water partition coefficient (Wildman–Crippen LogP) is 1.98. The molecule has 10 heteroatoms. The quantitative estimate of drug-likeness (QED) is 0.257. The van der Waals surface area contributed by atoms with E-state index in [1.807, 2.05) is 13.0 Å². The van der Waals surface area contributed by atoms with Gasteiger partial charge in [-0.1, -0.05) is 37.3 Å². The monoisotopic (exact) mass is 489 g/mol. The second-order valence-electron chi connectivity index (χ2n) is 8.61. The molecule has 1 aromatic rings. The highest BCUT2D eigenvalue weighted by Gasteiger charge is 2.61. The third kappa shape index (κ3) is 4.51. The van der Waals surface area contributed by atoms with Crippen LogP contribution in [-0.2, 0) is 19.1 Å². The van der Waals surface area contributed by atoms with Gasteiger partial charge in [0.2, 0.25) is 5.91 Å². The summed E-state index contributed by atoms with van der Waals surface area (Å²) in [5.74, 6) is -1.66. The Labute approximate surface area is 202 Å². The second-order valence-corrected chi connectivity index (χ2v) is 10.4. The first-order valence-corrected chi connectivity index (χ1v) is 12.2. The number of nitrogens with two attached hydrogens (primary N) is 1. The van der Waals surface area contributed by atoms with E-state index in [1.54, 1.807) is 43.0 Å². The van der Waals surface area contributed by atoms with Crippen molar-refractivity contribution in [3.05, 3.63) is 40.9 Å². The second kappa shape index (κ2) is 9.44. The molecular formula is C23H27N3O5S2. The van der Waals surface area contributed by atoms with Gasteiger partial charge in [-0.3, -0.25) is 9.59 Å². The zero-order valence-electron chi connectivity index (χ0n) is 18.6. The molecule has 3 heterocycles. The summed E-state index contributed by atoms with van der Waals surface area (Å²) in [4.78, 5) is 41.6. The molecule has 1 aromatic carbocycles. The molecule has 0 radical (unpaired) electrons. The van der Waals surface area contributed by atoms with E-state index < -0.39 is 30.0 Å². The molecule has 6 atom stereocenters. The third-order valence-corrected chi connectivity index (χ3v) is 7.95. The van der Waals surface area contributed by atoms with Gasteiger partial charge in [0.05, 0.1) is 16.9 Å². The Hall–Kier alpha value is -2.43. The first-order chi connectivity index (χ1) is 15.7. The third-order valence-electron chi connectivity index (χ3n) is 6.15. The van der Waals surface area contributed by atoms with Gasteiger partial charge in [-0.2, -0.15) is 0 Å². The van der Waals surface area contributed by atoms with Crippen LogP contribution in [-0.4, -0.2) is 57.7 Å². The zero-order chi connectivity index (χ0) is 23.9. The highest BCUT2D eigenvalue weighted by Crippen LogP contribution is 2.52. The highest BCUT2D eigenvalue weighted by atomic mass is 32.2. The Bertz CT molecular complexity index is 1010. The van der Waals surface area contributed by atoms with Crippen molar-refractivity contribution in [2.45, 2.75) is 50.6 Å². The van der Waals surface area contributed by atoms with Crippen molar-refractivity contribution in [3.8, 4) is 5.75 Å². The number of nitrogens with zero attached hydrogens (tertiary/aromatic N) is 1. The number of hydrogen-bond acceptors (Lipinski definition) is 8. The summed E-state index contributed by atoms with van der Waals surface area (Å²) >= 11 is 6.83. The van der Waals surface area contributed by atoms with Crippen LogP contribution in [0.4, 0.5) is 0 Å². The first kappa shape index (κ1) is 23.7. The molecule has 33 heavy (non-hydrogen) atoms. The lowest BCUT2D eigenvalue weighted by Crippen LogP contribution is -2.64. The molecule has 8 nitrogen and oxygen atoms in total. The van der Waals surface area contributed by atoms with Crippen LogP contribution < -0.4 is 15.8 Å². The topological polar surface area (TPSA) is 111 Å². The number of ether oxygens (including phenoxy) is 2. The van der Waals surface area contributed by atoms with Crippen molar-refractivity contribution in [2.75, 3.05) is 6.54 Å². The molecular weight excluding hydrogens is 462 g/mol. The summed E-state index contributed by atoms with van der Waals surface area (Å²) in [6.45, 7) is 5.92. The fourth-order valence-corrected chi connectivity index (χ4v) is 6.32. The molecule has 176 valence electrons. The number of benzene rings is 1. The summed E-state index contributed by atoms with van der Waals surface area (Å²) in [5, 5.41) is 3.33. The highest BCUT2D eigenvalue weighted by molar-refractivity contribution is 8.03. The Morgan fingerprint density at radius 3 is 2.58 bits per heavy atom. The van der Waals surface area contributed by atoms with Crippen LogP contribution in [0.5, 0.6) is 5.75 Å². The minimum Gasteiger partial charge on any atom is -0.461 e. The minimum atomic E-state index is -0.779. The number of fused-ring (bicyclic) bond motifs is 1. The molecule has 0 unspecified atom stereocenters. The van der Waals surface area contributed by atoms with Gasteiger partial charge in [0.15, 0.2) is 0 Å². The molecule has 2 saturated heterocycles. The lowest BCUT2D eigenvalue weighted by atomic mass is 9.79. The number of nitrogens with one attached hydrogen (secondary N) is 1. The largest absolute Gasteiger partial charge is 0.461 e. The first-order valence-electron chi connectivity index (χ1n) is 10.9. The van der Waals surface area contributed by atoms with Gasteiger partial charge in [0.1, 0.15) is 23.6 Å². The van der Waals surface area contributed by atoms with E-state index in [0.29, 0.717) is 18.7 Å². The van der Waals surface area contributed by atoms with E-state index >= 15 is 0 Å². The maximum Gasteiger partial charge on any atom is 0.361 e. The molecule has 0 bridgehead atoms. The van der Waals surface area contributed by atoms with Gasteiger partial charge < -0.3 is 25.4 Å². The summed E-state index contributed by atoms with van der Waals surface area (Å²) < 4.78 is 11.0.